The minimum Gasteiger partial charge on any atom is -0.388 e. The van der Waals surface area contributed by atoms with E-state index in [1.807, 2.05) is 0 Å². The van der Waals surface area contributed by atoms with Crippen molar-refractivity contribution in [3.8, 4) is 0 Å². The Morgan fingerprint density at radius 2 is 1.85 bits per heavy atom. The Labute approximate surface area is 141 Å². The molecule has 0 unspecified atom stereocenters. The number of guanidine groups is 1. The molecule has 0 aliphatic heterocycles. The molecule has 20 heavy (non-hydrogen) atoms. The molecule has 1 saturated carbocycles. The normalized spacial score (nSPS) is 18.6. The molecule has 0 bridgehead atoms. The minimum atomic E-state index is -0.571. The zero-order valence-corrected chi connectivity index (χ0v) is 15.6. The van der Waals surface area contributed by atoms with Crippen LogP contribution in [0.1, 0.15) is 59.3 Å². The van der Waals surface area contributed by atoms with Gasteiger partial charge in [0.05, 0.1) is 12.1 Å². The van der Waals surface area contributed by atoms with Gasteiger partial charge >= 0.3 is 0 Å². The van der Waals surface area contributed by atoms with Crippen LogP contribution in [0.2, 0.25) is 0 Å². The second kappa shape index (κ2) is 10.7. The summed E-state index contributed by atoms with van der Waals surface area (Å²) in [5.74, 6) is 1.53. The fraction of sp³-hybridized carbons (Fsp3) is 0.933. The van der Waals surface area contributed by atoms with Crippen molar-refractivity contribution in [1.29, 1.82) is 0 Å². The summed E-state index contributed by atoms with van der Waals surface area (Å²) < 4.78 is 0. The summed E-state index contributed by atoms with van der Waals surface area (Å²) in [6, 6.07) is 0. The van der Waals surface area contributed by atoms with Crippen LogP contribution in [0.15, 0.2) is 4.99 Å². The van der Waals surface area contributed by atoms with Crippen LogP contribution in [0.25, 0.3) is 0 Å². The first kappa shape index (κ1) is 20.0. The van der Waals surface area contributed by atoms with E-state index in [0.717, 1.165) is 51.2 Å². The summed E-state index contributed by atoms with van der Waals surface area (Å²) in [6.07, 6.45) is 6.42. The van der Waals surface area contributed by atoms with Crippen molar-refractivity contribution in [2.75, 3.05) is 19.6 Å². The second-order valence-electron chi connectivity index (χ2n) is 6.09. The maximum atomic E-state index is 10.4. The number of aliphatic imine (C=N–C) groups is 1. The molecule has 4 nitrogen and oxygen atoms in total. The van der Waals surface area contributed by atoms with Gasteiger partial charge in [-0.2, -0.15) is 0 Å². The topological polar surface area (TPSA) is 56.7 Å². The lowest BCUT2D eigenvalue weighted by atomic mass is 9.85. The van der Waals surface area contributed by atoms with Gasteiger partial charge in [-0.15, -0.1) is 24.0 Å². The molecule has 0 amide bonds. The molecule has 1 fully saturated rings. The third-order valence-electron chi connectivity index (χ3n) is 3.67. The van der Waals surface area contributed by atoms with E-state index in [0.29, 0.717) is 12.5 Å². The molecule has 1 rings (SSSR count). The van der Waals surface area contributed by atoms with Gasteiger partial charge in [0.15, 0.2) is 5.96 Å². The average molecular weight is 397 g/mol. The van der Waals surface area contributed by atoms with Gasteiger partial charge in [0.1, 0.15) is 0 Å². The van der Waals surface area contributed by atoms with Gasteiger partial charge in [0.25, 0.3) is 0 Å². The first-order valence-electron chi connectivity index (χ1n) is 7.80. The highest BCUT2D eigenvalue weighted by Crippen LogP contribution is 2.28. The number of halogens is 1. The Bertz CT molecular complexity index is 276. The Morgan fingerprint density at radius 1 is 1.20 bits per heavy atom. The Kier molecular flexibility index (Phi) is 10.6. The number of hydrogen-bond donors (Lipinski definition) is 3. The number of nitrogens with zero attached hydrogens (tertiary/aromatic N) is 1. The average Bonchev–Trinajstić information content (AvgIpc) is 2.36. The van der Waals surface area contributed by atoms with Crippen LogP contribution in [0.3, 0.4) is 0 Å². The lowest BCUT2D eigenvalue weighted by Crippen LogP contribution is -2.41. The van der Waals surface area contributed by atoms with E-state index in [9.17, 15) is 5.11 Å². The van der Waals surface area contributed by atoms with Crippen LogP contribution >= 0.6 is 24.0 Å². The largest absolute Gasteiger partial charge is 0.388 e. The van der Waals surface area contributed by atoms with E-state index in [2.05, 4.69) is 36.4 Å². The molecule has 3 N–H and O–H groups in total. The fourth-order valence-corrected chi connectivity index (χ4v) is 2.42. The van der Waals surface area contributed by atoms with E-state index < -0.39 is 5.60 Å². The molecule has 0 aromatic rings. The van der Waals surface area contributed by atoms with Gasteiger partial charge in [0, 0.05) is 13.1 Å². The predicted octanol–water partition coefficient (Wildman–Crippen LogP) is 2.90. The molecular formula is C15H32IN3O. The second-order valence-corrected chi connectivity index (χ2v) is 6.09. The van der Waals surface area contributed by atoms with Gasteiger partial charge in [-0.25, -0.2) is 0 Å². The summed E-state index contributed by atoms with van der Waals surface area (Å²) >= 11 is 0. The standard InChI is InChI=1S/C15H31N3O.HI/c1-4-16-14(17-11-8-13(2)3)18-12-15(19)9-6-5-7-10-15;/h13,19H,4-12H2,1-3H3,(H2,16,17,18);1H. The lowest BCUT2D eigenvalue weighted by Gasteiger charge is -2.30. The lowest BCUT2D eigenvalue weighted by molar-refractivity contribution is 0.0131. The van der Waals surface area contributed by atoms with Crippen LogP contribution in [-0.2, 0) is 0 Å². The van der Waals surface area contributed by atoms with Crippen molar-refractivity contribution in [2.24, 2.45) is 10.9 Å². The van der Waals surface area contributed by atoms with Gasteiger partial charge in [0.2, 0.25) is 0 Å². The number of rotatable bonds is 6. The molecule has 0 heterocycles. The van der Waals surface area contributed by atoms with Crippen molar-refractivity contribution >= 4 is 29.9 Å². The van der Waals surface area contributed by atoms with Gasteiger partial charge < -0.3 is 15.7 Å². The quantitative estimate of drug-likeness (QED) is 0.367. The van der Waals surface area contributed by atoms with Crippen LogP contribution in [0, 0.1) is 5.92 Å². The summed E-state index contributed by atoms with van der Waals surface area (Å²) in [5.41, 5.74) is -0.571. The molecular weight excluding hydrogens is 365 g/mol. The van der Waals surface area contributed by atoms with Crippen molar-refractivity contribution in [1.82, 2.24) is 10.6 Å². The summed E-state index contributed by atoms with van der Waals surface area (Å²) in [5, 5.41) is 17.0. The number of hydrogen-bond acceptors (Lipinski definition) is 2. The zero-order chi connectivity index (χ0) is 14.1. The van der Waals surface area contributed by atoms with Gasteiger partial charge in [-0.3, -0.25) is 4.99 Å². The molecule has 0 atom stereocenters. The highest BCUT2D eigenvalue weighted by atomic mass is 127. The van der Waals surface area contributed by atoms with Crippen LogP contribution in [0.5, 0.6) is 0 Å². The molecule has 1 aliphatic carbocycles. The van der Waals surface area contributed by atoms with Crippen LogP contribution in [0.4, 0.5) is 0 Å². The summed E-state index contributed by atoms with van der Waals surface area (Å²) in [4.78, 5) is 4.55. The first-order valence-corrected chi connectivity index (χ1v) is 7.80. The van der Waals surface area contributed by atoms with Crippen molar-refractivity contribution < 1.29 is 5.11 Å². The molecule has 0 saturated heterocycles. The molecule has 0 radical (unpaired) electrons. The van der Waals surface area contributed by atoms with Gasteiger partial charge in [-0.05, 0) is 32.1 Å². The number of nitrogens with one attached hydrogen (secondary N) is 2. The predicted molar refractivity (Wildman–Crippen MR) is 96.9 cm³/mol. The van der Waals surface area contributed by atoms with Crippen molar-refractivity contribution in [2.45, 2.75) is 64.9 Å². The zero-order valence-electron chi connectivity index (χ0n) is 13.2. The fourth-order valence-electron chi connectivity index (χ4n) is 2.42. The minimum absolute atomic E-state index is 0. The van der Waals surface area contributed by atoms with E-state index in [-0.39, 0.29) is 24.0 Å². The Balaban J connectivity index is 0.00000361. The van der Waals surface area contributed by atoms with Crippen LogP contribution < -0.4 is 10.6 Å². The van der Waals surface area contributed by atoms with E-state index in [1.54, 1.807) is 0 Å². The maximum Gasteiger partial charge on any atom is 0.191 e. The molecule has 120 valence electrons. The molecule has 0 spiro atoms. The smallest absolute Gasteiger partial charge is 0.191 e. The SMILES string of the molecule is CCNC(=NCC1(O)CCCCC1)NCCC(C)C.I. The molecule has 5 heteroatoms. The number of aliphatic hydroxyl groups is 1. The maximum absolute atomic E-state index is 10.4. The molecule has 1 aliphatic rings. The van der Waals surface area contributed by atoms with Crippen molar-refractivity contribution in [3.05, 3.63) is 0 Å². The third-order valence-corrected chi connectivity index (χ3v) is 3.67. The summed E-state index contributed by atoms with van der Waals surface area (Å²) in [7, 11) is 0. The Hall–Kier alpha value is -0.0400. The van der Waals surface area contributed by atoms with E-state index in [4.69, 9.17) is 0 Å². The summed E-state index contributed by atoms with van der Waals surface area (Å²) in [6.45, 7) is 8.81. The van der Waals surface area contributed by atoms with E-state index >= 15 is 0 Å². The van der Waals surface area contributed by atoms with Crippen molar-refractivity contribution in [3.63, 3.8) is 0 Å². The highest BCUT2D eigenvalue weighted by molar-refractivity contribution is 14.0. The monoisotopic (exact) mass is 397 g/mol. The Morgan fingerprint density at radius 3 is 2.40 bits per heavy atom. The molecule has 0 aromatic heterocycles. The highest BCUT2D eigenvalue weighted by Gasteiger charge is 2.28. The van der Waals surface area contributed by atoms with Gasteiger partial charge in [-0.1, -0.05) is 33.1 Å². The van der Waals surface area contributed by atoms with E-state index in [1.165, 1.54) is 6.42 Å². The first-order chi connectivity index (χ1) is 9.06. The molecule has 0 aromatic carbocycles. The van der Waals surface area contributed by atoms with Crippen LogP contribution in [-0.4, -0.2) is 36.3 Å². The third kappa shape index (κ3) is 8.29.